The second-order valence-electron chi connectivity index (χ2n) is 2.86. The van der Waals surface area contributed by atoms with Crippen molar-refractivity contribution in [3.63, 3.8) is 0 Å². The van der Waals surface area contributed by atoms with Crippen molar-refractivity contribution in [1.82, 2.24) is 0 Å². The number of nitrogen functional groups attached to an aromatic ring is 1. The van der Waals surface area contributed by atoms with E-state index in [1.165, 1.54) is 25.1 Å². The summed E-state index contributed by atoms with van der Waals surface area (Å²) in [5.41, 5.74) is 5.76. The summed E-state index contributed by atoms with van der Waals surface area (Å²) in [4.78, 5) is 10.9. The molecule has 0 spiro atoms. The van der Waals surface area contributed by atoms with Crippen LogP contribution in [0.2, 0.25) is 0 Å². The van der Waals surface area contributed by atoms with Gasteiger partial charge in [-0.15, -0.1) is 0 Å². The average molecular weight is 237 g/mol. The minimum absolute atomic E-state index is 0. The molecule has 0 saturated heterocycles. The van der Waals surface area contributed by atoms with Crippen LogP contribution in [0.3, 0.4) is 0 Å². The predicted octanol–water partition coefficient (Wildman–Crippen LogP) is -0.262. The third kappa shape index (κ3) is 3.58. The van der Waals surface area contributed by atoms with Crippen molar-refractivity contribution >= 4 is 51.1 Å². The summed E-state index contributed by atoms with van der Waals surface area (Å²) in [6.45, 7) is 1.25. The van der Waals surface area contributed by atoms with Crippen LogP contribution < -0.4 is 10.9 Å². The van der Waals surface area contributed by atoms with Crippen molar-refractivity contribution in [2.24, 2.45) is 5.14 Å². The number of hydrogen-bond acceptors (Lipinski definition) is 4. The van der Waals surface area contributed by atoms with Gasteiger partial charge in [-0.05, 0) is 25.1 Å². The molecule has 0 aliphatic heterocycles. The van der Waals surface area contributed by atoms with Crippen molar-refractivity contribution in [2.45, 2.75) is 11.8 Å². The maximum atomic E-state index is 11.1. The molecule has 0 aromatic heterocycles. The fraction of sp³-hybridized carbons (Fsp3) is 0.125. The molecule has 0 atom stereocenters. The Hall–Kier alpha value is -0.400. The van der Waals surface area contributed by atoms with Crippen LogP contribution in [0, 0.1) is 0 Å². The number of hydrogen-bond donors (Lipinski definition) is 2. The SMILES string of the molecule is CC(=O)c1cc(N)ccc1S(N)(=O)=O.[Na]. The second-order valence-corrected chi connectivity index (χ2v) is 4.39. The van der Waals surface area contributed by atoms with Gasteiger partial charge in [0.15, 0.2) is 5.78 Å². The monoisotopic (exact) mass is 237 g/mol. The Kier molecular flexibility index (Phi) is 4.95. The van der Waals surface area contributed by atoms with Crippen LogP contribution in [0.25, 0.3) is 0 Å². The Labute approximate surface area is 110 Å². The zero-order valence-corrected chi connectivity index (χ0v) is 11.3. The first-order valence-electron chi connectivity index (χ1n) is 3.75. The molecule has 5 nitrogen and oxygen atoms in total. The Morgan fingerprint density at radius 1 is 1.33 bits per heavy atom. The molecule has 0 amide bonds. The van der Waals surface area contributed by atoms with E-state index in [4.69, 9.17) is 10.9 Å². The Balaban J connectivity index is 0.00000196. The van der Waals surface area contributed by atoms with Crippen molar-refractivity contribution in [3.8, 4) is 0 Å². The van der Waals surface area contributed by atoms with Crippen molar-refractivity contribution in [3.05, 3.63) is 23.8 Å². The van der Waals surface area contributed by atoms with Gasteiger partial charge in [0, 0.05) is 40.8 Å². The maximum absolute atomic E-state index is 11.1. The van der Waals surface area contributed by atoms with Crippen LogP contribution in [0.1, 0.15) is 17.3 Å². The number of benzene rings is 1. The maximum Gasteiger partial charge on any atom is 0.238 e. The van der Waals surface area contributed by atoms with E-state index in [0.717, 1.165) is 0 Å². The molecule has 1 radical (unpaired) electrons. The summed E-state index contributed by atoms with van der Waals surface area (Å²) in [5, 5.41) is 4.92. The number of carbonyl (C=O) groups excluding carboxylic acids is 1. The van der Waals surface area contributed by atoms with Crippen LogP contribution in [0.4, 0.5) is 5.69 Å². The summed E-state index contributed by atoms with van der Waals surface area (Å²) in [5.74, 6) is -0.388. The standard InChI is InChI=1S/C8H10N2O3S.Na/c1-5(11)7-4-6(9)2-3-8(7)14(10,12)13;/h2-4H,9H2,1H3,(H2,10,12,13);. The molecule has 0 bridgehead atoms. The Bertz CT molecular complexity index is 485. The van der Waals surface area contributed by atoms with Gasteiger partial charge in [-0.25, -0.2) is 13.6 Å². The molecule has 0 unspecified atom stereocenters. The first kappa shape index (κ1) is 14.6. The first-order chi connectivity index (χ1) is 6.32. The number of carbonyl (C=O) groups is 1. The minimum Gasteiger partial charge on any atom is -0.399 e. The van der Waals surface area contributed by atoms with Gasteiger partial charge in [0.05, 0.1) is 4.90 Å². The topological polar surface area (TPSA) is 103 Å². The van der Waals surface area contributed by atoms with E-state index in [1.54, 1.807) is 0 Å². The fourth-order valence-electron chi connectivity index (χ4n) is 1.07. The van der Waals surface area contributed by atoms with Gasteiger partial charge < -0.3 is 5.73 Å². The molecule has 7 heteroatoms. The molecule has 0 fully saturated rings. The Morgan fingerprint density at radius 3 is 2.27 bits per heavy atom. The number of primary sulfonamides is 1. The van der Waals surface area contributed by atoms with E-state index in [2.05, 4.69) is 0 Å². The third-order valence-corrected chi connectivity index (χ3v) is 2.66. The van der Waals surface area contributed by atoms with Crippen LogP contribution in [-0.4, -0.2) is 43.8 Å². The van der Waals surface area contributed by atoms with Crippen LogP contribution >= 0.6 is 0 Å². The zero-order chi connectivity index (χ0) is 10.9. The molecule has 1 rings (SSSR count). The molecule has 1 aromatic carbocycles. The fourth-order valence-corrected chi connectivity index (χ4v) is 1.84. The molecule has 4 N–H and O–H groups in total. The second kappa shape index (κ2) is 5.09. The summed E-state index contributed by atoms with van der Waals surface area (Å²) >= 11 is 0. The summed E-state index contributed by atoms with van der Waals surface area (Å²) in [6.07, 6.45) is 0. The molecule has 0 aliphatic rings. The van der Waals surface area contributed by atoms with Crippen LogP contribution in [-0.2, 0) is 10.0 Å². The number of anilines is 1. The van der Waals surface area contributed by atoms with Gasteiger partial charge >= 0.3 is 0 Å². The predicted molar refractivity (Wildman–Crippen MR) is 58.0 cm³/mol. The van der Waals surface area contributed by atoms with E-state index in [9.17, 15) is 13.2 Å². The summed E-state index contributed by atoms with van der Waals surface area (Å²) in [7, 11) is -3.87. The number of rotatable bonds is 2. The van der Waals surface area contributed by atoms with Crippen LogP contribution in [0.5, 0.6) is 0 Å². The molecular weight excluding hydrogens is 227 g/mol. The number of nitrogens with two attached hydrogens (primary N) is 2. The molecule has 0 saturated carbocycles. The number of ketones is 1. The van der Waals surface area contributed by atoms with E-state index in [1.807, 2.05) is 0 Å². The van der Waals surface area contributed by atoms with E-state index in [-0.39, 0.29) is 45.8 Å². The quantitative estimate of drug-likeness (QED) is 0.420. The molecule has 1 aromatic rings. The van der Waals surface area contributed by atoms with Crippen molar-refractivity contribution in [2.75, 3.05) is 5.73 Å². The van der Waals surface area contributed by atoms with Gasteiger partial charge in [0.25, 0.3) is 0 Å². The molecular formula is C8H10N2NaO3S. The van der Waals surface area contributed by atoms with Gasteiger partial charge in [0.2, 0.25) is 10.0 Å². The smallest absolute Gasteiger partial charge is 0.238 e. The van der Waals surface area contributed by atoms with Crippen molar-refractivity contribution < 1.29 is 13.2 Å². The zero-order valence-electron chi connectivity index (χ0n) is 8.52. The van der Waals surface area contributed by atoms with E-state index < -0.39 is 10.0 Å². The molecule has 0 aliphatic carbocycles. The molecule has 77 valence electrons. The third-order valence-electron chi connectivity index (χ3n) is 1.69. The van der Waals surface area contributed by atoms with Crippen molar-refractivity contribution in [1.29, 1.82) is 0 Å². The molecule has 15 heavy (non-hydrogen) atoms. The van der Waals surface area contributed by atoms with E-state index >= 15 is 0 Å². The normalized spacial score (nSPS) is 10.5. The van der Waals surface area contributed by atoms with E-state index in [0.29, 0.717) is 5.69 Å². The van der Waals surface area contributed by atoms with Gasteiger partial charge in [-0.2, -0.15) is 0 Å². The average Bonchev–Trinajstić information content (AvgIpc) is 2.01. The largest absolute Gasteiger partial charge is 0.399 e. The number of sulfonamides is 1. The Morgan fingerprint density at radius 2 is 1.87 bits per heavy atom. The minimum atomic E-state index is -3.87. The summed E-state index contributed by atoms with van der Waals surface area (Å²) < 4.78 is 22.1. The molecule has 0 heterocycles. The first-order valence-corrected chi connectivity index (χ1v) is 5.30. The summed E-state index contributed by atoms with van der Waals surface area (Å²) in [6, 6.07) is 3.90. The van der Waals surface area contributed by atoms with Gasteiger partial charge in [0.1, 0.15) is 0 Å². The van der Waals surface area contributed by atoms with Crippen LogP contribution in [0.15, 0.2) is 23.1 Å². The van der Waals surface area contributed by atoms with Gasteiger partial charge in [-0.1, -0.05) is 0 Å². The van der Waals surface area contributed by atoms with Gasteiger partial charge in [-0.3, -0.25) is 4.79 Å². The number of Topliss-reactive ketones (excluding diaryl/α,β-unsaturated/α-hetero) is 1.